The number of furan rings is 1. The van der Waals surface area contributed by atoms with Crippen molar-refractivity contribution in [3.63, 3.8) is 0 Å². The number of hydrogen-bond acceptors (Lipinski definition) is 4. The van der Waals surface area contributed by atoms with Gasteiger partial charge in [0.2, 0.25) is 0 Å². The van der Waals surface area contributed by atoms with Crippen LogP contribution in [0, 0.1) is 0 Å². The van der Waals surface area contributed by atoms with Crippen molar-refractivity contribution in [1.82, 2.24) is 10.3 Å². The van der Waals surface area contributed by atoms with Crippen molar-refractivity contribution in [2.45, 2.75) is 31.8 Å². The topological polar surface area (TPSA) is 38.1 Å². The second-order valence-corrected chi connectivity index (χ2v) is 6.32. The van der Waals surface area contributed by atoms with Crippen LogP contribution in [0.4, 0.5) is 0 Å². The summed E-state index contributed by atoms with van der Waals surface area (Å²) in [4.78, 5) is 4.67. The van der Waals surface area contributed by atoms with Crippen LogP contribution in [0.25, 0.3) is 10.2 Å². The van der Waals surface area contributed by atoms with Gasteiger partial charge in [-0.2, -0.15) is 0 Å². The van der Waals surface area contributed by atoms with Gasteiger partial charge in [-0.25, -0.2) is 4.98 Å². The van der Waals surface area contributed by atoms with Crippen molar-refractivity contribution in [1.29, 1.82) is 0 Å². The Hall–Kier alpha value is -1.65. The zero-order valence-corrected chi connectivity index (χ0v) is 12.0. The lowest BCUT2D eigenvalue weighted by Gasteiger charge is -2.22. The quantitative estimate of drug-likeness (QED) is 0.788. The number of hydrogen-bond donors (Lipinski definition) is 1. The molecular formula is C16H16N2OS. The molecule has 2 heterocycles. The van der Waals surface area contributed by atoms with E-state index < -0.39 is 0 Å². The van der Waals surface area contributed by atoms with Crippen molar-refractivity contribution in [2.75, 3.05) is 0 Å². The second kappa shape index (κ2) is 5.04. The first-order chi connectivity index (χ1) is 9.90. The maximum absolute atomic E-state index is 5.53. The Bertz CT molecular complexity index is 698. The van der Waals surface area contributed by atoms with Gasteiger partial charge in [-0.15, -0.1) is 11.3 Å². The highest BCUT2D eigenvalue weighted by atomic mass is 32.1. The van der Waals surface area contributed by atoms with Crippen molar-refractivity contribution in [2.24, 2.45) is 0 Å². The van der Waals surface area contributed by atoms with Crippen molar-refractivity contribution in [3.8, 4) is 0 Å². The first kappa shape index (κ1) is 12.1. The van der Waals surface area contributed by atoms with Crippen LogP contribution < -0.4 is 5.32 Å². The Balaban J connectivity index is 1.51. The number of benzene rings is 1. The van der Waals surface area contributed by atoms with Crippen molar-refractivity contribution >= 4 is 21.6 Å². The maximum Gasteiger partial charge on any atom is 0.108 e. The monoisotopic (exact) mass is 284 g/mol. The van der Waals surface area contributed by atoms with Gasteiger partial charge in [-0.3, -0.25) is 0 Å². The van der Waals surface area contributed by atoms with Gasteiger partial charge in [-0.1, -0.05) is 12.1 Å². The highest BCUT2D eigenvalue weighted by Crippen LogP contribution is 2.31. The number of para-hydroxylation sites is 1. The highest BCUT2D eigenvalue weighted by molar-refractivity contribution is 7.18. The summed E-state index contributed by atoms with van der Waals surface area (Å²) in [5.74, 6) is 1.15. The molecule has 1 unspecified atom stereocenters. The van der Waals surface area contributed by atoms with E-state index in [1.807, 2.05) is 12.3 Å². The van der Waals surface area contributed by atoms with Gasteiger partial charge in [0.25, 0.3) is 0 Å². The predicted octanol–water partition coefficient (Wildman–Crippen LogP) is 4.06. The van der Waals surface area contributed by atoms with E-state index in [1.165, 1.54) is 23.1 Å². The van der Waals surface area contributed by atoms with E-state index in [0.717, 1.165) is 29.3 Å². The van der Waals surface area contributed by atoms with Crippen LogP contribution in [-0.4, -0.2) is 4.98 Å². The first-order valence-electron chi connectivity index (χ1n) is 7.04. The average Bonchev–Trinajstić information content (AvgIpc) is 3.11. The summed E-state index contributed by atoms with van der Waals surface area (Å²) < 4.78 is 6.79. The van der Waals surface area contributed by atoms with Crippen LogP contribution in [0.15, 0.2) is 41.0 Å². The lowest BCUT2D eigenvalue weighted by molar-refractivity contribution is 0.410. The van der Waals surface area contributed by atoms with Gasteiger partial charge >= 0.3 is 0 Å². The SMILES string of the molecule is c1ccc2sc(CNC3CCCc4occc43)nc2c1. The zero-order chi connectivity index (χ0) is 13.4. The normalized spacial score (nSPS) is 18.3. The van der Waals surface area contributed by atoms with Crippen molar-refractivity contribution in [3.05, 3.63) is 52.9 Å². The van der Waals surface area contributed by atoms with E-state index >= 15 is 0 Å². The molecular weight excluding hydrogens is 268 g/mol. The van der Waals surface area contributed by atoms with Crippen molar-refractivity contribution < 1.29 is 4.42 Å². The molecule has 20 heavy (non-hydrogen) atoms. The minimum absolute atomic E-state index is 0.407. The third-order valence-corrected chi connectivity index (χ3v) is 4.93. The van der Waals surface area contributed by atoms with Crippen LogP contribution in [0.2, 0.25) is 0 Å². The van der Waals surface area contributed by atoms with Crippen LogP contribution in [-0.2, 0) is 13.0 Å². The molecule has 1 aromatic carbocycles. The summed E-state index contributed by atoms with van der Waals surface area (Å²) in [6, 6.07) is 10.8. The Labute approximate surface area is 121 Å². The minimum atomic E-state index is 0.407. The fourth-order valence-corrected chi connectivity index (χ4v) is 3.82. The molecule has 1 aliphatic carbocycles. The molecule has 102 valence electrons. The molecule has 0 amide bonds. The molecule has 3 aromatic rings. The van der Waals surface area contributed by atoms with E-state index in [-0.39, 0.29) is 0 Å². The molecule has 3 nitrogen and oxygen atoms in total. The summed E-state index contributed by atoms with van der Waals surface area (Å²) in [6.07, 6.45) is 5.25. The molecule has 0 bridgehead atoms. The Kier molecular flexibility index (Phi) is 3.05. The van der Waals surface area contributed by atoms with E-state index in [9.17, 15) is 0 Å². The van der Waals surface area contributed by atoms with Gasteiger partial charge in [0.15, 0.2) is 0 Å². The lowest BCUT2D eigenvalue weighted by Crippen LogP contribution is -2.23. The number of thiazole rings is 1. The fraction of sp³-hybridized carbons (Fsp3) is 0.312. The predicted molar refractivity (Wildman–Crippen MR) is 80.8 cm³/mol. The number of nitrogens with one attached hydrogen (secondary N) is 1. The molecule has 1 atom stereocenters. The van der Waals surface area contributed by atoms with Gasteiger partial charge in [-0.05, 0) is 31.0 Å². The third-order valence-electron chi connectivity index (χ3n) is 3.89. The van der Waals surface area contributed by atoms with E-state index in [1.54, 1.807) is 11.3 Å². The van der Waals surface area contributed by atoms with E-state index in [0.29, 0.717) is 6.04 Å². The van der Waals surface area contributed by atoms with Gasteiger partial charge in [0, 0.05) is 24.6 Å². The van der Waals surface area contributed by atoms with Gasteiger partial charge in [0.1, 0.15) is 10.8 Å². The molecule has 0 radical (unpaired) electrons. The minimum Gasteiger partial charge on any atom is -0.469 e. The van der Waals surface area contributed by atoms with Crippen LogP contribution in [0.3, 0.4) is 0 Å². The Morgan fingerprint density at radius 2 is 2.25 bits per heavy atom. The van der Waals surface area contributed by atoms with Gasteiger partial charge < -0.3 is 9.73 Å². The van der Waals surface area contributed by atoms with Gasteiger partial charge in [0.05, 0.1) is 16.5 Å². The first-order valence-corrected chi connectivity index (χ1v) is 7.86. The van der Waals surface area contributed by atoms with E-state index in [2.05, 4.69) is 34.6 Å². The smallest absolute Gasteiger partial charge is 0.108 e. The maximum atomic E-state index is 5.53. The van der Waals surface area contributed by atoms with Crippen LogP contribution >= 0.6 is 11.3 Å². The molecule has 0 spiro atoms. The second-order valence-electron chi connectivity index (χ2n) is 5.20. The van der Waals surface area contributed by atoms with Crippen LogP contribution in [0.5, 0.6) is 0 Å². The zero-order valence-electron chi connectivity index (χ0n) is 11.1. The summed E-state index contributed by atoms with van der Waals surface area (Å²) in [5, 5.41) is 4.78. The molecule has 0 saturated heterocycles. The summed E-state index contributed by atoms with van der Waals surface area (Å²) in [5.41, 5.74) is 2.43. The van der Waals surface area contributed by atoms with E-state index in [4.69, 9.17) is 4.42 Å². The Morgan fingerprint density at radius 1 is 1.30 bits per heavy atom. The number of nitrogens with zero attached hydrogens (tertiary/aromatic N) is 1. The highest BCUT2D eigenvalue weighted by Gasteiger charge is 2.22. The number of aryl methyl sites for hydroxylation is 1. The summed E-state index contributed by atoms with van der Waals surface area (Å²) in [6.45, 7) is 0.828. The standard InChI is InChI=1S/C16H16N2OS/c1-2-7-15-13(4-1)18-16(20-15)10-17-12-5-3-6-14-11(12)8-9-19-14/h1-2,4,7-9,12,17H,3,5-6,10H2. The number of rotatable bonds is 3. The van der Waals surface area contributed by atoms with Crippen LogP contribution in [0.1, 0.15) is 35.2 Å². The molecule has 4 heteroatoms. The average molecular weight is 284 g/mol. The molecule has 0 saturated carbocycles. The Morgan fingerprint density at radius 3 is 3.20 bits per heavy atom. The molecule has 1 aliphatic rings. The summed E-state index contributed by atoms with van der Waals surface area (Å²) >= 11 is 1.77. The molecule has 1 N–H and O–H groups in total. The molecule has 0 fully saturated rings. The molecule has 2 aromatic heterocycles. The molecule has 4 rings (SSSR count). The fourth-order valence-electron chi connectivity index (χ4n) is 2.90. The summed E-state index contributed by atoms with van der Waals surface area (Å²) in [7, 11) is 0. The number of fused-ring (bicyclic) bond motifs is 2. The number of aromatic nitrogens is 1. The third kappa shape index (κ3) is 2.15. The largest absolute Gasteiger partial charge is 0.469 e. The lowest BCUT2D eigenvalue weighted by atomic mass is 9.93. The molecule has 0 aliphatic heterocycles.